The maximum Gasteiger partial charge on any atom is 0.161 e. The maximum atomic E-state index is 9.99. The number of nitrogens with two attached hydrogens (primary N) is 1. The van der Waals surface area contributed by atoms with E-state index in [0.29, 0.717) is 12.3 Å². The van der Waals surface area contributed by atoms with Crippen molar-refractivity contribution in [1.82, 2.24) is 4.90 Å². The molecule has 0 aromatic rings. The Morgan fingerprint density at radius 1 is 1.75 bits per heavy atom. The Kier molecular flexibility index (Phi) is 2.02. The average molecular weight is 187 g/mol. The van der Waals surface area contributed by atoms with Gasteiger partial charge in [-0.25, -0.2) is 0 Å². The molecule has 5 heteroatoms. The molecule has 1 atom stereocenters. The lowest BCUT2D eigenvalue weighted by Crippen LogP contribution is -2.54. The molecule has 1 saturated heterocycles. The van der Waals surface area contributed by atoms with Gasteiger partial charge in [-0.15, -0.1) is 0 Å². The van der Waals surface area contributed by atoms with Gasteiger partial charge in [-0.05, 0) is 6.42 Å². The molecule has 12 heavy (non-hydrogen) atoms. The van der Waals surface area contributed by atoms with E-state index in [1.165, 1.54) is 0 Å². The van der Waals surface area contributed by atoms with Gasteiger partial charge in [0.2, 0.25) is 0 Å². The zero-order valence-corrected chi connectivity index (χ0v) is 7.68. The molecule has 2 heterocycles. The van der Waals surface area contributed by atoms with Gasteiger partial charge in [-0.3, -0.25) is 4.99 Å². The van der Waals surface area contributed by atoms with E-state index in [1.807, 2.05) is 4.90 Å². The molecule has 3 N–H and O–H groups in total. The van der Waals surface area contributed by atoms with Crippen LogP contribution in [-0.2, 0) is 0 Å². The average Bonchev–Trinajstić information content (AvgIpc) is 2.46. The Bertz CT molecular complexity index is 221. The van der Waals surface area contributed by atoms with E-state index in [1.54, 1.807) is 11.8 Å². The van der Waals surface area contributed by atoms with Crippen LogP contribution in [0.15, 0.2) is 4.99 Å². The van der Waals surface area contributed by atoms with Crippen LogP contribution < -0.4 is 5.73 Å². The summed E-state index contributed by atoms with van der Waals surface area (Å²) in [6.07, 6.45) is 1.02. The molecule has 0 spiro atoms. The van der Waals surface area contributed by atoms with Crippen LogP contribution in [0.5, 0.6) is 0 Å². The second-order valence-electron chi connectivity index (χ2n) is 3.14. The van der Waals surface area contributed by atoms with Crippen molar-refractivity contribution >= 4 is 16.9 Å². The Morgan fingerprint density at radius 3 is 3.33 bits per heavy atom. The zero-order valence-electron chi connectivity index (χ0n) is 6.86. The van der Waals surface area contributed by atoms with Gasteiger partial charge < -0.3 is 15.7 Å². The first kappa shape index (κ1) is 8.34. The first-order valence-corrected chi connectivity index (χ1v) is 5.12. The predicted molar refractivity (Wildman–Crippen MR) is 50.1 cm³/mol. The number of fused-ring (bicyclic) bond motifs is 1. The third-order valence-electron chi connectivity index (χ3n) is 2.28. The Balaban J connectivity index is 2.22. The first-order valence-electron chi connectivity index (χ1n) is 4.14. The van der Waals surface area contributed by atoms with Crippen LogP contribution in [0.3, 0.4) is 0 Å². The van der Waals surface area contributed by atoms with Crippen molar-refractivity contribution in [2.75, 3.05) is 25.4 Å². The largest absolute Gasteiger partial charge is 0.369 e. The number of nitrogens with zero attached hydrogens (tertiary/aromatic N) is 2. The van der Waals surface area contributed by atoms with Gasteiger partial charge in [0, 0.05) is 19.6 Å². The number of rotatable bonds is 1. The molecule has 0 radical (unpaired) electrons. The monoisotopic (exact) mass is 187 g/mol. The highest BCUT2D eigenvalue weighted by atomic mass is 32.2. The summed E-state index contributed by atoms with van der Waals surface area (Å²) in [4.78, 5) is 6.26. The van der Waals surface area contributed by atoms with Gasteiger partial charge in [-0.1, -0.05) is 11.8 Å². The lowest BCUT2D eigenvalue weighted by atomic mass is 10.2. The summed E-state index contributed by atoms with van der Waals surface area (Å²) in [5, 5.41) is 11.0. The summed E-state index contributed by atoms with van der Waals surface area (Å²) in [7, 11) is 0. The summed E-state index contributed by atoms with van der Waals surface area (Å²) < 4.78 is 0. The Labute approximate surface area is 75.8 Å². The van der Waals surface area contributed by atoms with Gasteiger partial charge in [0.05, 0.1) is 5.75 Å². The molecule has 68 valence electrons. The van der Waals surface area contributed by atoms with Gasteiger partial charge in [-0.2, -0.15) is 0 Å². The van der Waals surface area contributed by atoms with E-state index < -0.39 is 5.72 Å². The van der Waals surface area contributed by atoms with Gasteiger partial charge in [0.25, 0.3) is 0 Å². The minimum absolute atomic E-state index is 0.291. The molecule has 0 aromatic carbocycles. The predicted octanol–water partition coefficient (Wildman–Crippen LogP) is -0.558. The molecule has 0 bridgehead atoms. The molecule has 0 amide bonds. The highest BCUT2D eigenvalue weighted by Crippen LogP contribution is 2.32. The lowest BCUT2D eigenvalue weighted by Gasteiger charge is -2.34. The van der Waals surface area contributed by atoms with E-state index >= 15 is 0 Å². The molecule has 2 rings (SSSR count). The fourth-order valence-electron chi connectivity index (χ4n) is 1.52. The molecule has 1 fully saturated rings. The van der Waals surface area contributed by atoms with Gasteiger partial charge >= 0.3 is 0 Å². The smallest absolute Gasteiger partial charge is 0.161 e. The van der Waals surface area contributed by atoms with Crippen LogP contribution in [0.2, 0.25) is 0 Å². The summed E-state index contributed by atoms with van der Waals surface area (Å²) in [6, 6.07) is 0. The minimum atomic E-state index is -0.829. The minimum Gasteiger partial charge on any atom is -0.369 e. The lowest BCUT2D eigenvalue weighted by molar-refractivity contribution is -0.0349. The van der Waals surface area contributed by atoms with Crippen molar-refractivity contribution in [2.45, 2.75) is 12.1 Å². The van der Waals surface area contributed by atoms with E-state index in [0.717, 1.165) is 24.7 Å². The number of amidine groups is 1. The fraction of sp³-hybridized carbons (Fsp3) is 0.857. The van der Waals surface area contributed by atoms with Crippen molar-refractivity contribution in [2.24, 2.45) is 10.7 Å². The second-order valence-corrected chi connectivity index (χ2v) is 4.09. The Hall–Kier alpha value is -0.260. The SMILES string of the molecule is NC[C@@]1(O)CSC2=NCCCN21. The first-order chi connectivity index (χ1) is 5.76. The van der Waals surface area contributed by atoms with Crippen LogP contribution >= 0.6 is 11.8 Å². The maximum absolute atomic E-state index is 9.99. The van der Waals surface area contributed by atoms with Crippen molar-refractivity contribution < 1.29 is 5.11 Å². The molecule has 0 unspecified atom stereocenters. The van der Waals surface area contributed by atoms with Crippen LogP contribution in [0, 0.1) is 0 Å². The quantitative estimate of drug-likeness (QED) is 0.578. The van der Waals surface area contributed by atoms with Crippen molar-refractivity contribution in [3.05, 3.63) is 0 Å². The number of aliphatic imine (C=N–C) groups is 1. The van der Waals surface area contributed by atoms with E-state index in [-0.39, 0.29) is 0 Å². The van der Waals surface area contributed by atoms with Crippen LogP contribution in [0.25, 0.3) is 0 Å². The topological polar surface area (TPSA) is 61.9 Å². The summed E-state index contributed by atoms with van der Waals surface area (Å²) in [6.45, 7) is 2.07. The van der Waals surface area contributed by atoms with Crippen LogP contribution in [0.4, 0.5) is 0 Å². The van der Waals surface area contributed by atoms with E-state index in [4.69, 9.17) is 5.73 Å². The molecule has 0 saturated carbocycles. The number of hydrogen-bond acceptors (Lipinski definition) is 5. The third-order valence-corrected chi connectivity index (χ3v) is 3.49. The molecular formula is C7H13N3OS. The van der Waals surface area contributed by atoms with Crippen molar-refractivity contribution in [3.8, 4) is 0 Å². The highest BCUT2D eigenvalue weighted by molar-refractivity contribution is 8.14. The van der Waals surface area contributed by atoms with E-state index in [2.05, 4.69) is 4.99 Å². The molecule has 0 aliphatic carbocycles. The number of thioether (sulfide) groups is 1. The molecule has 4 nitrogen and oxygen atoms in total. The molecule has 2 aliphatic heterocycles. The summed E-state index contributed by atoms with van der Waals surface area (Å²) in [5.74, 6) is 0.655. The van der Waals surface area contributed by atoms with Gasteiger partial charge in [0.1, 0.15) is 0 Å². The second kappa shape index (κ2) is 2.90. The van der Waals surface area contributed by atoms with Crippen LogP contribution in [-0.4, -0.2) is 46.3 Å². The van der Waals surface area contributed by atoms with Crippen molar-refractivity contribution in [3.63, 3.8) is 0 Å². The van der Waals surface area contributed by atoms with E-state index in [9.17, 15) is 5.11 Å². The summed E-state index contributed by atoms with van der Waals surface area (Å²) >= 11 is 1.60. The Morgan fingerprint density at radius 2 is 2.58 bits per heavy atom. The zero-order chi connectivity index (χ0) is 8.60. The third kappa shape index (κ3) is 1.12. The summed E-state index contributed by atoms with van der Waals surface area (Å²) in [5.41, 5.74) is 4.69. The standard InChI is InChI=1S/C7H13N3OS/c8-4-7(11)5-12-6-9-2-1-3-10(6)7/h11H,1-5,8H2/t7-/m1/s1. The molecular weight excluding hydrogens is 174 g/mol. The molecule has 2 aliphatic rings. The van der Waals surface area contributed by atoms with Crippen LogP contribution in [0.1, 0.15) is 6.42 Å². The highest BCUT2D eigenvalue weighted by Gasteiger charge is 2.42. The molecule has 0 aromatic heterocycles. The number of aliphatic hydroxyl groups is 1. The van der Waals surface area contributed by atoms with Crippen molar-refractivity contribution in [1.29, 1.82) is 0 Å². The van der Waals surface area contributed by atoms with Gasteiger partial charge in [0.15, 0.2) is 10.9 Å². The number of hydrogen-bond donors (Lipinski definition) is 2. The normalized spacial score (nSPS) is 34.8. The fourth-order valence-corrected chi connectivity index (χ4v) is 2.75.